The molecule has 0 spiro atoms. The number of fused-ring (bicyclic) bond motifs is 8. The van der Waals surface area contributed by atoms with Gasteiger partial charge in [0.2, 0.25) is 0 Å². The summed E-state index contributed by atoms with van der Waals surface area (Å²) in [5.41, 5.74) is 5.35. The van der Waals surface area contributed by atoms with Gasteiger partial charge in [-0.2, -0.15) is 0 Å². The Bertz CT molecular complexity index is 2390. The molecule has 436 valence electrons. The molecule has 0 atom stereocenters. The van der Waals surface area contributed by atoms with Crippen LogP contribution in [0.3, 0.4) is 0 Å². The molecule has 8 bridgehead atoms. The number of nitrogens with one attached hydrogen (secondary N) is 4. The minimum Gasteiger partial charge on any atom is -0.481 e. The van der Waals surface area contributed by atoms with Crippen LogP contribution in [-0.4, -0.2) is 102 Å². The van der Waals surface area contributed by atoms with Crippen molar-refractivity contribution in [2.75, 3.05) is 76.6 Å². The molecule has 1 aliphatic carbocycles. The van der Waals surface area contributed by atoms with Crippen molar-refractivity contribution < 1.29 is 66.7 Å². The zero-order valence-electron chi connectivity index (χ0n) is 47.9. The quantitative estimate of drug-likeness (QED) is 0.0179. The fourth-order valence-electron chi connectivity index (χ4n) is 9.47. The number of hydrogen-bond acceptors (Lipinski definition) is 14. The van der Waals surface area contributed by atoms with Gasteiger partial charge in [0.05, 0.1) is 26.4 Å². The average Bonchev–Trinajstić information content (AvgIpc) is 3.47. The second-order valence-corrected chi connectivity index (χ2v) is 19.4. The highest BCUT2D eigenvalue weighted by molar-refractivity contribution is 5.90. The Kier molecular flexibility index (Phi) is 27.9. The lowest BCUT2D eigenvalue weighted by Gasteiger charge is -2.24. The number of rotatable bonds is 32. The van der Waals surface area contributed by atoms with Crippen molar-refractivity contribution >= 4 is 47.3 Å². The van der Waals surface area contributed by atoms with Gasteiger partial charge in [-0.25, -0.2) is 28.8 Å². The summed E-state index contributed by atoms with van der Waals surface area (Å²) in [7, 11) is 0. The number of ether oxygens (including phenoxy) is 8. The summed E-state index contributed by atoms with van der Waals surface area (Å²) in [6.07, 6.45) is 13.0. The van der Waals surface area contributed by atoms with E-state index in [1.165, 1.54) is 12.8 Å². The molecule has 5 rings (SSSR count). The summed E-state index contributed by atoms with van der Waals surface area (Å²) in [5.74, 6) is -1.12. The average molecular weight is 1110 g/mol. The molecule has 4 amide bonds. The van der Waals surface area contributed by atoms with Gasteiger partial charge in [0.15, 0.2) is 26.4 Å². The standard InChI is InChI=1S/C62H84N4O14/c1-7-13-15-17-19-21-29-63-61(71)65-51-35-47-31-43-25-23-27-45(57(43)77-39-53(67)73-9-3)33-49-37-52(66-62(72)64-30-22-20-18-16-14-8-2)38-50(60(49)80-42-56(70)76-12-6)34-46-28-24-26-44(58(46)78-40-54(68)74-10-4)32-48(36-51)59(47)79-41-55(69)75-11-5/h23-28,35-38H,7-22,29-34,39-42H2,1-6H3,(H2,63,65,71)(H2,64,66,72). The number of benzene rings is 4. The number of esters is 4. The fourth-order valence-corrected chi connectivity index (χ4v) is 9.47. The maximum atomic E-state index is 13.7. The van der Waals surface area contributed by atoms with Crippen LogP contribution in [0.2, 0.25) is 0 Å². The molecule has 0 radical (unpaired) electrons. The number of para-hydroxylation sites is 2. The summed E-state index contributed by atoms with van der Waals surface area (Å²) in [6, 6.07) is 17.3. The fraction of sp³-hybridized carbons (Fsp3) is 0.516. The zero-order valence-corrected chi connectivity index (χ0v) is 47.9. The van der Waals surface area contributed by atoms with E-state index in [1.54, 1.807) is 52.0 Å². The Hall–Kier alpha value is -7.50. The van der Waals surface area contributed by atoms with Crippen LogP contribution in [0.25, 0.3) is 0 Å². The predicted molar refractivity (Wildman–Crippen MR) is 306 cm³/mol. The van der Waals surface area contributed by atoms with Gasteiger partial charge in [-0.15, -0.1) is 0 Å². The number of urea groups is 2. The molecule has 80 heavy (non-hydrogen) atoms. The first-order valence-corrected chi connectivity index (χ1v) is 28.7. The van der Waals surface area contributed by atoms with Gasteiger partial charge in [-0.3, -0.25) is 0 Å². The van der Waals surface area contributed by atoms with Crippen LogP contribution in [0.4, 0.5) is 21.0 Å². The minimum absolute atomic E-state index is 0.0795. The first-order valence-electron chi connectivity index (χ1n) is 28.7. The molecular formula is C62H84N4O14. The molecular weight excluding hydrogens is 1020 g/mol. The van der Waals surface area contributed by atoms with Crippen molar-refractivity contribution in [3.8, 4) is 23.0 Å². The van der Waals surface area contributed by atoms with E-state index in [9.17, 15) is 28.8 Å². The van der Waals surface area contributed by atoms with E-state index in [0.717, 1.165) is 64.2 Å². The topological polar surface area (TPSA) is 224 Å². The number of anilines is 2. The zero-order chi connectivity index (χ0) is 57.5. The van der Waals surface area contributed by atoms with E-state index in [4.69, 9.17) is 37.9 Å². The maximum Gasteiger partial charge on any atom is 0.344 e. The second-order valence-electron chi connectivity index (χ2n) is 19.4. The summed E-state index contributed by atoms with van der Waals surface area (Å²) in [5, 5.41) is 12.1. The number of carbonyl (C=O) groups excluding carboxylic acids is 6. The highest BCUT2D eigenvalue weighted by Gasteiger charge is 2.26. The number of hydrogen-bond donors (Lipinski definition) is 4. The molecule has 18 nitrogen and oxygen atoms in total. The van der Waals surface area contributed by atoms with Crippen molar-refractivity contribution in [3.63, 3.8) is 0 Å². The van der Waals surface area contributed by atoms with Gasteiger partial charge < -0.3 is 59.2 Å². The molecule has 0 saturated carbocycles. The number of carbonyl (C=O) groups is 6. The third-order valence-electron chi connectivity index (χ3n) is 13.1. The first kappa shape index (κ1) is 63.3. The molecule has 0 fully saturated rings. The van der Waals surface area contributed by atoms with Crippen LogP contribution in [0.1, 0.15) is 163 Å². The molecule has 4 aromatic carbocycles. The Balaban J connectivity index is 1.76. The minimum atomic E-state index is -0.602. The van der Waals surface area contributed by atoms with Crippen LogP contribution in [0.15, 0.2) is 60.7 Å². The van der Waals surface area contributed by atoms with Crippen LogP contribution >= 0.6 is 0 Å². The van der Waals surface area contributed by atoms with E-state index in [1.807, 2.05) is 36.4 Å². The molecule has 1 aliphatic rings. The summed E-state index contributed by atoms with van der Waals surface area (Å²) < 4.78 is 47.1. The molecule has 18 heteroatoms. The number of unbranched alkanes of at least 4 members (excludes halogenated alkanes) is 10. The van der Waals surface area contributed by atoms with Crippen molar-refractivity contribution in [1.82, 2.24) is 10.6 Å². The van der Waals surface area contributed by atoms with E-state index >= 15 is 0 Å². The van der Waals surface area contributed by atoms with Crippen molar-refractivity contribution in [2.45, 2.75) is 144 Å². The molecule has 0 saturated heterocycles. The van der Waals surface area contributed by atoms with Gasteiger partial charge in [0.25, 0.3) is 0 Å². The van der Waals surface area contributed by atoms with Crippen LogP contribution in [-0.2, 0) is 63.8 Å². The Morgan fingerprint density at radius 2 is 0.625 bits per heavy atom. The van der Waals surface area contributed by atoms with E-state index in [0.29, 0.717) is 92.0 Å². The molecule has 4 aromatic rings. The smallest absolute Gasteiger partial charge is 0.344 e. The summed E-state index contributed by atoms with van der Waals surface area (Å²) in [6.45, 7) is 10.8. The van der Waals surface area contributed by atoms with Crippen LogP contribution in [0.5, 0.6) is 23.0 Å². The second kappa shape index (κ2) is 35.2. The molecule has 0 heterocycles. The highest BCUT2D eigenvalue weighted by Crippen LogP contribution is 2.41. The highest BCUT2D eigenvalue weighted by atomic mass is 16.6. The lowest BCUT2D eigenvalue weighted by atomic mass is 9.90. The van der Waals surface area contributed by atoms with E-state index in [2.05, 4.69) is 35.1 Å². The van der Waals surface area contributed by atoms with E-state index < -0.39 is 62.4 Å². The third-order valence-corrected chi connectivity index (χ3v) is 13.1. The van der Waals surface area contributed by atoms with Crippen LogP contribution < -0.4 is 40.2 Å². The lowest BCUT2D eigenvalue weighted by molar-refractivity contribution is -0.146. The van der Waals surface area contributed by atoms with Gasteiger partial charge in [0, 0.05) is 72.4 Å². The van der Waals surface area contributed by atoms with Gasteiger partial charge in [-0.1, -0.05) is 114 Å². The van der Waals surface area contributed by atoms with Crippen LogP contribution in [0, 0.1) is 0 Å². The Morgan fingerprint density at radius 1 is 0.362 bits per heavy atom. The van der Waals surface area contributed by atoms with Gasteiger partial charge in [-0.05, 0) is 87.1 Å². The first-order chi connectivity index (χ1) is 38.9. The third kappa shape index (κ3) is 21.3. The molecule has 4 N–H and O–H groups in total. The summed E-state index contributed by atoms with van der Waals surface area (Å²) >= 11 is 0. The Labute approximate surface area is 472 Å². The SMILES string of the molecule is CCCCCCCCNC(=O)Nc1cc2c(OCC(=O)OCC)c(c1)Cc1cccc(c1OCC(=O)OCC)Cc1cc(NC(=O)NCCCCCCCC)cc(c1OCC(=O)OCC)Cc1cccc(c1OCC(=O)OCC)C2. The summed E-state index contributed by atoms with van der Waals surface area (Å²) in [4.78, 5) is 79.7. The molecule has 0 unspecified atom stereocenters. The van der Waals surface area contributed by atoms with Gasteiger partial charge in [0.1, 0.15) is 23.0 Å². The monoisotopic (exact) mass is 1110 g/mol. The number of amides is 4. The van der Waals surface area contributed by atoms with Gasteiger partial charge >= 0.3 is 35.9 Å². The largest absolute Gasteiger partial charge is 0.481 e. The molecule has 0 aliphatic heterocycles. The predicted octanol–water partition coefficient (Wildman–Crippen LogP) is 11.1. The van der Waals surface area contributed by atoms with Crippen molar-refractivity contribution in [1.29, 1.82) is 0 Å². The normalized spacial score (nSPS) is 11.6. The molecule has 0 aromatic heterocycles. The van der Waals surface area contributed by atoms with Crippen molar-refractivity contribution in [2.24, 2.45) is 0 Å². The lowest BCUT2D eigenvalue weighted by Crippen LogP contribution is -2.29. The van der Waals surface area contributed by atoms with Crippen molar-refractivity contribution in [3.05, 3.63) is 105 Å². The Morgan fingerprint density at radius 3 is 0.900 bits per heavy atom. The maximum absolute atomic E-state index is 13.7. The van der Waals surface area contributed by atoms with E-state index in [-0.39, 0.29) is 52.1 Å².